The number of hydrogen-bond donors (Lipinski definition) is 1. The number of carbonyl (C=O) groups excluding carboxylic acids is 1. The lowest BCUT2D eigenvalue weighted by atomic mass is 10.00. The second-order valence-electron chi connectivity index (χ2n) is 7.89. The summed E-state index contributed by atoms with van der Waals surface area (Å²) in [4.78, 5) is 12.0. The van der Waals surface area contributed by atoms with E-state index in [-0.39, 0.29) is 18.0 Å². The van der Waals surface area contributed by atoms with Crippen molar-refractivity contribution in [1.82, 2.24) is 4.57 Å². The molecule has 7 heteroatoms. The molecular formula is C24H20F4N2O. The summed E-state index contributed by atoms with van der Waals surface area (Å²) in [6, 6.07) is 13.2. The Morgan fingerprint density at radius 3 is 2.42 bits per heavy atom. The van der Waals surface area contributed by atoms with Gasteiger partial charge in [-0.15, -0.1) is 0 Å². The molecule has 3 nitrogen and oxygen atoms in total. The molecule has 4 aromatic rings. The van der Waals surface area contributed by atoms with Gasteiger partial charge in [0.25, 0.3) is 0 Å². The predicted molar refractivity (Wildman–Crippen MR) is 113 cm³/mol. The van der Waals surface area contributed by atoms with Crippen LogP contribution in [0.5, 0.6) is 0 Å². The highest BCUT2D eigenvalue weighted by molar-refractivity contribution is 6.18. The van der Waals surface area contributed by atoms with Gasteiger partial charge in [-0.3, -0.25) is 4.79 Å². The zero-order valence-corrected chi connectivity index (χ0v) is 16.9. The van der Waals surface area contributed by atoms with Gasteiger partial charge in [0, 0.05) is 27.4 Å². The Hall–Kier alpha value is -3.35. The molecule has 1 amide bonds. The molecule has 0 fully saturated rings. The summed E-state index contributed by atoms with van der Waals surface area (Å²) in [6.45, 7) is 3.92. The number of fused-ring (bicyclic) bond motifs is 3. The number of carbonyl (C=O) groups is 1. The van der Waals surface area contributed by atoms with Crippen molar-refractivity contribution in [3.05, 3.63) is 82.7 Å². The van der Waals surface area contributed by atoms with E-state index >= 15 is 0 Å². The van der Waals surface area contributed by atoms with Crippen LogP contribution in [0.15, 0.2) is 54.6 Å². The minimum absolute atomic E-state index is 0.0898. The average Bonchev–Trinajstić information content (AvgIpc) is 3.01. The minimum atomic E-state index is -4.58. The number of nitrogens with zero attached hydrogens (tertiary/aromatic N) is 1. The monoisotopic (exact) mass is 428 g/mol. The molecule has 0 unspecified atom stereocenters. The first kappa shape index (κ1) is 20.9. The highest BCUT2D eigenvalue weighted by atomic mass is 19.4. The van der Waals surface area contributed by atoms with Gasteiger partial charge in [-0.2, -0.15) is 13.2 Å². The van der Waals surface area contributed by atoms with Crippen LogP contribution in [0.1, 0.15) is 46.8 Å². The van der Waals surface area contributed by atoms with Crippen LogP contribution in [-0.2, 0) is 12.7 Å². The van der Waals surface area contributed by atoms with Crippen molar-refractivity contribution in [2.75, 3.05) is 0 Å². The summed E-state index contributed by atoms with van der Waals surface area (Å²) in [5.74, 6) is -1.13. The summed E-state index contributed by atoms with van der Waals surface area (Å²) in [5, 5.41) is 1.34. The van der Waals surface area contributed by atoms with E-state index in [1.165, 1.54) is 0 Å². The van der Waals surface area contributed by atoms with E-state index in [9.17, 15) is 22.4 Å². The van der Waals surface area contributed by atoms with Crippen LogP contribution in [0.25, 0.3) is 21.8 Å². The van der Waals surface area contributed by atoms with Gasteiger partial charge < -0.3 is 10.3 Å². The van der Waals surface area contributed by atoms with Gasteiger partial charge in [0.05, 0.1) is 17.6 Å². The van der Waals surface area contributed by atoms with Crippen molar-refractivity contribution in [3.8, 4) is 0 Å². The lowest BCUT2D eigenvalue weighted by molar-refractivity contribution is -0.137. The first-order chi connectivity index (χ1) is 14.6. The first-order valence-corrected chi connectivity index (χ1v) is 9.78. The Balaban J connectivity index is 2.02. The van der Waals surface area contributed by atoms with Gasteiger partial charge in [-0.05, 0) is 47.9 Å². The molecule has 2 N–H and O–H groups in total. The van der Waals surface area contributed by atoms with Gasteiger partial charge in [0.2, 0.25) is 5.91 Å². The zero-order valence-electron chi connectivity index (χ0n) is 16.9. The maximum atomic E-state index is 14.5. The predicted octanol–water partition coefficient (Wildman–Crippen LogP) is 6.22. The van der Waals surface area contributed by atoms with E-state index in [1.807, 2.05) is 32.0 Å². The Labute approximate surface area is 176 Å². The van der Waals surface area contributed by atoms with E-state index in [2.05, 4.69) is 0 Å². The SMILES string of the molecule is CC(C)c1ccc2c3c(C(N)=O)cccc3n(Cc3cc(C(F)(F)F)ccc3F)c2c1. The van der Waals surface area contributed by atoms with Gasteiger partial charge in [-0.25, -0.2) is 4.39 Å². The van der Waals surface area contributed by atoms with Crippen LogP contribution in [0.3, 0.4) is 0 Å². The molecule has 0 bridgehead atoms. The zero-order chi connectivity index (χ0) is 22.5. The number of aromatic nitrogens is 1. The first-order valence-electron chi connectivity index (χ1n) is 9.78. The van der Waals surface area contributed by atoms with E-state index in [0.717, 1.165) is 29.1 Å². The standard InChI is InChI=1S/C24H20F4N2O/c1-13(2)14-6-8-17-21(11-14)30(20-5-3-4-18(22(17)20)23(29)31)12-15-10-16(24(26,27)28)7-9-19(15)25/h3-11,13H,12H2,1-2H3,(H2,29,31). The third-order valence-corrected chi connectivity index (χ3v) is 5.55. The van der Waals surface area contributed by atoms with Crippen LogP contribution >= 0.6 is 0 Å². The minimum Gasteiger partial charge on any atom is -0.366 e. The Morgan fingerprint density at radius 2 is 1.77 bits per heavy atom. The number of amides is 1. The van der Waals surface area contributed by atoms with Crippen molar-refractivity contribution in [2.24, 2.45) is 5.73 Å². The van der Waals surface area contributed by atoms with Crippen LogP contribution < -0.4 is 5.73 Å². The van der Waals surface area contributed by atoms with Crippen molar-refractivity contribution >= 4 is 27.7 Å². The third-order valence-electron chi connectivity index (χ3n) is 5.55. The normalized spacial score (nSPS) is 12.2. The highest BCUT2D eigenvalue weighted by Gasteiger charge is 2.31. The molecule has 0 spiro atoms. The number of halogens is 4. The molecule has 4 rings (SSSR count). The fourth-order valence-electron chi connectivity index (χ4n) is 3.94. The number of rotatable bonds is 4. The van der Waals surface area contributed by atoms with Gasteiger partial charge in [0.1, 0.15) is 5.82 Å². The smallest absolute Gasteiger partial charge is 0.366 e. The second kappa shape index (κ2) is 7.41. The molecule has 3 aromatic carbocycles. The number of benzene rings is 3. The molecule has 0 aliphatic rings. The number of primary amides is 1. The largest absolute Gasteiger partial charge is 0.416 e. The fraction of sp³-hybridized carbons (Fsp3) is 0.208. The highest BCUT2D eigenvalue weighted by Crippen LogP contribution is 2.35. The molecule has 1 heterocycles. The lowest BCUT2D eigenvalue weighted by Crippen LogP contribution is -2.11. The molecule has 0 aliphatic carbocycles. The summed E-state index contributed by atoms with van der Waals surface area (Å²) in [7, 11) is 0. The van der Waals surface area contributed by atoms with Gasteiger partial charge in [-0.1, -0.05) is 32.0 Å². The topological polar surface area (TPSA) is 48.0 Å². The average molecular weight is 428 g/mol. The molecule has 0 atom stereocenters. The molecule has 0 saturated carbocycles. The molecule has 160 valence electrons. The lowest BCUT2D eigenvalue weighted by Gasteiger charge is -2.13. The number of hydrogen-bond acceptors (Lipinski definition) is 1. The van der Waals surface area contributed by atoms with Crippen LogP contribution in [-0.4, -0.2) is 10.5 Å². The molecular weight excluding hydrogens is 408 g/mol. The second-order valence-corrected chi connectivity index (χ2v) is 7.89. The molecule has 0 radical (unpaired) electrons. The van der Waals surface area contributed by atoms with Gasteiger partial charge >= 0.3 is 6.18 Å². The maximum Gasteiger partial charge on any atom is 0.416 e. The third kappa shape index (κ3) is 3.65. The van der Waals surface area contributed by atoms with Crippen molar-refractivity contribution in [3.63, 3.8) is 0 Å². The number of nitrogens with two attached hydrogens (primary N) is 1. The van der Waals surface area contributed by atoms with E-state index in [0.29, 0.717) is 22.0 Å². The Morgan fingerprint density at radius 1 is 1.03 bits per heavy atom. The maximum absolute atomic E-state index is 14.5. The van der Waals surface area contributed by atoms with Gasteiger partial charge in [0.15, 0.2) is 0 Å². The Kier molecular flexibility index (Phi) is 5.00. The molecule has 1 aromatic heterocycles. The summed E-state index contributed by atoms with van der Waals surface area (Å²) >= 11 is 0. The van der Waals surface area contributed by atoms with Crippen molar-refractivity contribution < 1.29 is 22.4 Å². The summed E-state index contributed by atoms with van der Waals surface area (Å²) in [5.41, 5.74) is 7.19. The van der Waals surface area contributed by atoms with Crippen LogP contribution in [0, 0.1) is 5.82 Å². The molecule has 31 heavy (non-hydrogen) atoms. The van der Waals surface area contributed by atoms with E-state index in [1.54, 1.807) is 22.8 Å². The van der Waals surface area contributed by atoms with E-state index < -0.39 is 23.5 Å². The molecule has 0 saturated heterocycles. The Bertz CT molecular complexity index is 1320. The summed E-state index contributed by atoms with van der Waals surface area (Å²) in [6.07, 6.45) is -4.58. The number of alkyl halides is 3. The quantitative estimate of drug-likeness (QED) is 0.385. The fourth-order valence-corrected chi connectivity index (χ4v) is 3.94. The molecule has 0 aliphatic heterocycles. The van der Waals surface area contributed by atoms with Crippen molar-refractivity contribution in [2.45, 2.75) is 32.5 Å². The summed E-state index contributed by atoms with van der Waals surface area (Å²) < 4.78 is 55.8. The van der Waals surface area contributed by atoms with Crippen molar-refractivity contribution in [1.29, 1.82) is 0 Å². The van der Waals surface area contributed by atoms with Crippen LogP contribution in [0.2, 0.25) is 0 Å². The van der Waals surface area contributed by atoms with E-state index in [4.69, 9.17) is 5.73 Å². The van der Waals surface area contributed by atoms with Crippen LogP contribution in [0.4, 0.5) is 17.6 Å².